The van der Waals surface area contributed by atoms with E-state index >= 15 is 0 Å². The number of rotatable bonds is 2. The molecule has 0 aliphatic rings. The maximum atomic E-state index is 12.7. The summed E-state index contributed by atoms with van der Waals surface area (Å²) in [5, 5.41) is 0. The summed E-state index contributed by atoms with van der Waals surface area (Å²) >= 11 is 1.30. The first-order valence-electron chi connectivity index (χ1n) is 7.28. The number of aryl methyl sites for hydroxylation is 1. The molecule has 1 aromatic heterocycles. The van der Waals surface area contributed by atoms with E-state index in [-0.39, 0.29) is 6.04 Å². The lowest BCUT2D eigenvalue weighted by molar-refractivity contribution is -0.137. The zero-order valence-electron chi connectivity index (χ0n) is 13.8. The molecule has 0 radical (unpaired) electrons. The monoisotopic (exact) mass is 357 g/mol. The van der Waals surface area contributed by atoms with Crippen LogP contribution in [0.15, 0.2) is 35.5 Å². The Labute approximate surface area is 141 Å². The number of aromatic nitrogens is 1. The zero-order chi connectivity index (χ0) is 18.1. The fraction of sp³-hybridized carbons (Fsp3) is 0.375. The minimum Gasteiger partial charge on any atom is -0.323 e. The lowest BCUT2D eigenvalue weighted by atomic mass is 10.2. The summed E-state index contributed by atoms with van der Waals surface area (Å²) in [7, 11) is 1.65. The molecule has 0 bridgehead atoms. The van der Waals surface area contributed by atoms with E-state index in [1.54, 1.807) is 17.8 Å². The van der Waals surface area contributed by atoms with Crippen molar-refractivity contribution in [2.24, 2.45) is 4.99 Å². The highest BCUT2D eigenvalue weighted by atomic mass is 32.1. The van der Waals surface area contributed by atoms with Gasteiger partial charge in [0, 0.05) is 29.9 Å². The van der Waals surface area contributed by atoms with Gasteiger partial charge in [0.1, 0.15) is 0 Å². The smallest absolute Gasteiger partial charge is 0.323 e. The highest BCUT2D eigenvalue weighted by Crippen LogP contribution is 2.29. The Morgan fingerprint density at radius 3 is 2.33 bits per heavy atom. The molecule has 24 heavy (non-hydrogen) atoms. The van der Waals surface area contributed by atoms with Gasteiger partial charge in [-0.15, -0.1) is 11.3 Å². The molecule has 2 rings (SSSR count). The Morgan fingerprint density at radius 2 is 1.83 bits per heavy atom. The predicted molar refractivity (Wildman–Crippen MR) is 87.2 cm³/mol. The molecule has 2 amide bonds. The summed E-state index contributed by atoms with van der Waals surface area (Å²) in [4.78, 5) is 19.0. The van der Waals surface area contributed by atoms with E-state index in [9.17, 15) is 18.0 Å². The average Bonchev–Trinajstić information content (AvgIpc) is 2.86. The maximum Gasteiger partial charge on any atom is 0.416 e. The van der Waals surface area contributed by atoms with Crippen molar-refractivity contribution in [2.45, 2.75) is 33.0 Å². The molecule has 0 aliphatic heterocycles. The van der Waals surface area contributed by atoms with Crippen LogP contribution in [0.4, 0.5) is 18.0 Å². The van der Waals surface area contributed by atoms with E-state index in [0.29, 0.717) is 10.5 Å². The molecule has 0 fully saturated rings. The Bertz CT molecular complexity index is 788. The average molecular weight is 357 g/mol. The van der Waals surface area contributed by atoms with Gasteiger partial charge in [-0.05, 0) is 45.0 Å². The quantitative estimate of drug-likeness (QED) is 0.793. The van der Waals surface area contributed by atoms with Gasteiger partial charge in [-0.1, -0.05) is 0 Å². The molecular weight excluding hydrogens is 339 g/mol. The van der Waals surface area contributed by atoms with Gasteiger partial charge >= 0.3 is 12.2 Å². The molecule has 0 aliphatic carbocycles. The van der Waals surface area contributed by atoms with Crippen LogP contribution in [0.25, 0.3) is 5.69 Å². The van der Waals surface area contributed by atoms with Crippen molar-refractivity contribution in [2.75, 3.05) is 7.05 Å². The molecule has 0 unspecified atom stereocenters. The number of hydrogen-bond donors (Lipinski definition) is 0. The number of hydrogen-bond acceptors (Lipinski definition) is 2. The van der Waals surface area contributed by atoms with Crippen molar-refractivity contribution in [1.82, 2.24) is 9.47 Å². The lowest BCUT2D eigenvalue weighted by Crippen LogP contribution is -2.32. The molecule has 4 nitrogen and oxygen atoms in total. The molecule has 8 heteroatoms. The molecule has 0 saturated heterocycles. The molecule has 0 N–H and O–H groups in total. The number of carbonyl (C=O) groups is 1. The minimum absolute atomic E-state index is 0.00169. The van der Waals surface area contributed by atoms with Crippen LogP contribution in [-0.2, 0) is 6.18 Å². The van der Waals surface area contributed by atoms with E-state index < -0.39 is 17.8 Å². The molecular formula is C16H18F3N3OS. The number of urea groups is 1. The first kappa shape index (κ1) is 18.3. The topological polar surface area (TPSA) is 37.6 Å². The van der Waals surface area contributed by atoms with Crippen molar-refractivity contribution in [3.05, 3.63) is 45.7 Å². The normalized spacial score (nSPS) is 12.8. The molecule has 2 aromatic rings. The summed E-state index contributed by atoms with van der Waals surface area (Å²) in [5.74, 6) is 0. The van der Waals surface area contributed by atoms with Gasteiger partial charge in [0.05, 0.1) is 5.56 Å². The van der Waals surface area contributed by atoms with Crippen molar-refractivity contribution < 1.29 is 18.0 Å². The number of amides is 2. The minimum atomic E-state index is -4.38. The van der Waals surface area contributed by atoms with E-state index in [1.807, 2.05) is 20.8 Å². The van der Waals surface area contributed by atoms with E-state index in [4.69, 9.17) is 0 Å². The summed E-state index contributed by atoms with van der Waals surface area (Å²) in [5.41, 5.74) is -0.195. The van der Waals surface area contributed by atoms with Crippen LogP contribution in [-0.4, -0.2) is 28.6 Å². The largest absolute Gasteiger partial charge is 0.416 e. The third kappa shape index (κ3) is 4.05. The second kappa shape index (κ2) is 6.80. The van der Waals surface area contributed by atoms with Crippen LogP contribution in [0.1, 0.15) is 24.3 Å². The Kier molecular flexibility index (Phi) is 5.17. The summed E-state index contributed by atoms with van der Waals surface area (Å²) in [6.07, 6.45) is -2.63. The van der Waals surface area contributed by atoms with Crippen LogP contribution in [0.3, 0.4) is 0 Å². The summed E-state index contributed by atoms with van der Waals surface area (Å²) in [6.45, 7) is 5.59. The Morgan fingerprint density at radius 1 is 1.25 bits per heavy atom. The third-order valence-electron chi connectivity index (χ3n) is 3.51. The van der Waals surface area contributed by atoms with Gasteiger partial charge in [0.15, 0.2) is 4.80 Å². The molecule has 1 heterocycles. The SMILES string of the molecule is Cc1cn(-c2ccc(C(F)(F)F)cc2)c(=NC(=O)N(C)C(C)C)s1. The maximum absolute atomic E-state index is 12.7. The number of halogens is 3. The number of benzene rings is 1. The van der Waals surface area contributed by atoms with Crippen LogP contribution in [0.2, 0.25) is 0 Å². The molecule has 0 spiro atoms. The second-order valence-electron chi connectivity index (χ2n) is 5.64. The zero-order valence-corrected chi connectivity index (χ0v) is 14.6. The van der Waals surface area contributed by atoms with E-state index in [0.717, 1.165) is 17.0 Å². The molecule has 0 saturated carbocycles. The molecule has 130 valence electrons. The van der Waals surface area contributed by atoms with Gasteiger partial charge in [-0.3, -0.25) is 4.57 Å². The molecule has 1 aromatic carbocycles. The van der Waals surface area contributed by atoms with Crippen LogP contribution in [0, 0.1) is 6.92 Å². The van der Waals surface area contributed by atoms with Crippen molar-refractivity contribution in [3.8, 4) is 5.69 Å². The standard InChI is InChI=1S/C16H18F3N3OS/c1-10(2)21(4)14(23)20-15-22(9-11(3)24-15)13-7-5-12(6-8-13)16(17,18)19/h5-10H,1-4H3. The number of alkyl halides is 3. The highest BCUT2D eigenvalue weighted by molar-refractivity contribution is 7.09. The number of thiazole rings is 1. The van der Waals surface area contributed by atoms with Gasteiger partial charge in [-0.2, -0.15) is 18.2 Å². The van der Waals surface area contributed by atoms with E-state index in [2.05, 4.69) is 4.99 Å². The summed E-state index contributed by atoms with van der Waals surface area (Å²) < 4.78 is 39.6. The number of nitrogens with zero attached hydrogens (tertiary/aromatic N) is 3. The predicted octanol–water partition coefficient (Wildman–Crippen LogP) is 4.23. The van der Waals surface area contributed by atoms with Crippen LogP contribution in [0.5, 0.6) is 0 Å². The first-order chi connectivity index (χ1) is 11.1. The Balaban J connectivity index is 2.44. The number of carbonyl (C=O) groups excluding carboxylic acids is 1. The van der Waals surface area contributed by atoms with Crippen LogP contribution >= 0.6 is 11.3 Å². The Hall–Kier alpha value is -2.09. The fourth-order valence-corrected chi connectivity index (χ4v) is 2.74. The second-order valence-corrected chi connectivity index (χ2v) is 6.85. The van der Waals surface area contributed by atoms with Gasteiger partial charge in [-0.25, -0.2) is 4.79 Å². The molecule has 0 atom stereocenters. The van der Waals surface area contributed by atoms with Gasteiger partial charge in [0.2, 0.25) is 0 Å². The van der Waals surface area contributed by atoms with Crippen LogP contribution < -0.4 is 4.80 Å². The third-order valence-corrected chi connectivity index (χ3v) is 4.41. The fourth-order valence-electron chi connectivity index (χ4n) is 1.91. The van der Waals surface area contributed by atoms with Crippen molar-refractivity contribution in [3.63, 3.8) is 0 Å². The van der Waals surface area contributed by atoms with Crippen molar-refractivity contribution >= 4 is 17.4 Å². The van der Waals surface area contributed by atoms with E-state index in [1.165, 1.54) is 28.4 Å². The van der Waals surface area contributed by atoms with Gasteiger partial charge < -0.3 is 4.90 Å². The van der Waals surface area contributed by atoms with Gasteiger partial charge in [0.25, 0.3) is 0 Å². The first-order valence-corrected chi connectivity index (χ1v) is 8.09. The highest BCUT2D eigenvalue weighted by Gasteiger charge is 2.30. The lowest BCUT2D eigenvalue weighted by Gasteiger charge is -2.18. The summed E-state index contributed by atoms with van der Waals surface area (Å²) in [6, 6.07) is 4.37. The van der Waals surface area contributed by atoms with Crippen molar-refractivity contribution in [1.29, 1.82) is 0 Å².